The van der Waals surface area contributed by atoms with Crippen LogP contribution >= 0.6 is 0 Å². The van der Waals surface area contributed by atoms with Gasteiger partial charge >= 0.3 is 18.2 Å². The van der Waals surface area contributed by atoms with Crippen molar-refractivity contribution in [3.63, 3.8) is 0 Å². The van der Waals surface area contributed by atoms with Gasteiger partial charge in [-0.2, -0.15) is 19.6 Å². The fourth-order valence-corrected chi connectivity index (χ4v) is 5.49. The monoisotopic (exact) mass is 607 g/mol. The first-order valence-electron chi connectivity index (χ1n) is 15.7. The van der Waals surface area contributed by atoms with Crippen LogP contribution in [0.2, 0.25) is 0 Å². The van der Waals surface area contributed by atoms with Crippen LogP contribution in [0.25, 0.3) is 5.65 Å². The van der Waals surface area contributed by atoms with Crippen molar-refractivity contribution in [2.75, 3.05) is 38.0 Å². The van der Waals surface area contributed by atoms with Gasteiger partial charge in [0.2, 0.25) is 5.95 Å². The number of fused-ring (bicyclic) bond motifs is 1. The molecule has 238 valence electrons. The molecule has 2 aliphatic heterocycles. The lowest BCUT2D eigenvalue weighted by atomic mass is 9.97. The number of piperidine rings is 2. The Morgan fingerprint density at radius 1 is 1.00 bits per heavy atom. The molecular formula is C32H45N7O5. The highest BCUT2D eigenvalue weighted by molar-refractivity contribution is 5.68. The molecule has 0 spiro atoms. The van der Waals surface area contributed by atoms with Crippen molar-refractivity contribution in [2.24, 2.45) is 5.92 Å². The SMILES string of the molecule is CC(C)c1cnn2c(NCC3CCN(C(=O)OC(C)(C)C)CC3)nc(O[C@H]3CCCN(C(=O)OCc4ccccc4)C3)nc12. The second kappa shape index (κ2) is 13.7. The Bertz CT molecular complexity index is 1410. The summed E-state index contributed by atoms with van der Waals surface area (Å²) in [7, 11) is 0. The minimum absolute atomic E-state index is 0.213. The molecule has 1 N–H and O–H groups in total. The Hall–Kier alpha value is -4.09. The van der Waals surface area contributed by atoms with Crippen molar-refractivity contribution in [3.05, 3.63) is 47.7 Å². The summed E-state index contributed by atoms with van der Waals surface area (Å²) in [5.74, 6) is 1.13. The summed E-state index contributed by atoms with van der Waals surface area (Å²) in [5.41, 5.74) is 2.14. The number of nitrogens with zero attached hydrogens (tertiary/aromatic N) is 6. The van der Waals surface area contributed by atoms with E-state index in [2.05, 4.69) is 24.3 Å². The Kier molecular flexibility index (Phi) is 9.75. The molecule has 1 atom stereocenters. The van der Waals surface area contributed by atoms with Crippen LogP contribution in [0.4, 0.5) is 15.5 Å². The van der Waals surface area contributed by atoms with Gasteiger partial charge in [0.1, 0.15) is 18.3 Å². The maximum Gasteiger partial charge on any atom is 0.410 e. The smallest absolute Gasteiger partial charge is 0.410 e. The van der Waals surface area contributed by atoms with Gasteiger partial charge in [0, 0.05) is 31.7 Å². The molecule has 12 heteroatoms. The van der Waals surface area contributed by atoms with Gasteiger partial charge in [0.25, 0.3) is 0 Å². The third-order valence-electron chi connectivity index (χ3n) is 7.93. The van der Waals surface area contributed by atoms with Crippen LogP contribution in [0, 0.1) is 5.92 Å². The van der Waals surface area contributed by atoms with Crippen molar-refractivity contribution in [3.8, 4) is 6.01 Å². The first-order chi connectivity index (χ1) is 21.1. The lowest BCUT2D eigenvalue weighted by molar-refractivity contribution is 0.0188. The molecule has 3 aromatic rings. The van der Waals surface area contributed by atoms with Crippen LogP contribution in [0.5, 0.6) is 6.01 Å². The van der Waals surface area contributed by atoms with Crippen molar-refractivity contribution >= 4 is 23.8 Å². The molecule has 2 aromatic heterocycles. The zero-order chi connectivity index (χ0) is 31.3. The maximum atomic E-state index is 12.8. The van der Waals surface area contributed by atoms with E-state index in [9.17, 15) is 9.59 Å². The summed E-state index contributed by atoms with van der Waals surface area (Å²) < 4.78 is 19.1. The van der Waals surface area contributed by atoms with Gasteiger partial charge in [0.05, 0.1) is 12.7 Å². The Morgan fingerprint density at radius 3 is 2.45 bits per heavy atom. The normalized spacial score (nSPS) is 18.0. The van der Waals surface area contributed by atoms with Gasteiger partial charge in [-0.15, -0.1) is 0 Å². The highest BCUT2D eigenvalue weighted by atomic mass is 16.6. The topological polar surface area (TPSA) is 123 Å². The second-order valence-corrected chi connectivity index (χ2v) is 13.0. The number of carbonyl (C=O) groups is 2. The molecule has 2 aliphatic rings. The number of rotatable bonds is 8. The molecule has 4 heterocycles. The third-order valence-corrected chi connectivity index (χ3v) is 7.93. The second-order valence-electron chi connectivity index (χ2n) is 13.0. The van der Waals surface area contributed by atoms with E-state index in [0.717, 1.165) is 36.8 Å². The molecule has 0 aliphatic carbocycles. The third kappa shape index (κ3) is 8.09. The molecule has 0 bridgehead atoms. The average molecular weight is 608 g/mol. The molecule has 2 amide bonds. The van der Waals surface area contributed by atoms with E-state index in [1.165, 1.54) is 0 Å². The van der Waals surface area contributed by atoms with E-state index in [-0.39, 0.29) is 36.8 Å². The number of ether oxygens (including phenoxy) is 3. The predicted molar refractivity (Wildman–Crippen MR) is 166 cm³/mol. The van der Waals surface area contributed by atoms with Crippen molar-refractivity contribution in [1.82, 2.24) is 29.4 Å². The number of hydrogen-bond donors (Lipinski definition) is 1. The number of benzene rings is 1. The molecule has 44 heavy (non-hydrogen) atoms. The average Bonchev–Trinajstić information content (AvgIpc) is 3.43. The minimum atomic E-state index is -0.506. The van der Waals surface area contributed by atoms with Gasteiger partial charge in [-0.3, -0.25) is 0 Å². The number of anilines is 1. The minimum Gasteiger partial charge on any atom is -0.458 e. The quantitative estimate of drug-likeness (QED) is 0.354. The van der Waals surface area contributed by atoms with Gasteiger partial charge in [-0.25, -0.2) is 9.59 Å². The van der Waals surface area contributed by atoms with E-state index in [1.807, 2.05) is 57.3 Å². The summed E-state index contributed by atoms with van der Waals surface area (Å²) in [6.07, 6.45) is 4.26. The molecule has 5 rings (SSSR count). The number of carbonyl (C=O) groups excluding carboxylic acids is 2. The van der Waals surface area contributed by atoms with Crippen molar-refractivity contribution in [1.29, 1.82) is 0 Å². The van der Waals surface area contributed by atoms with Gasteiger partial charge in [-0.05, 0) is 63.9 Å². The van der Waals surface area contributed by atoms with Crippen LogP contribution in [-0.2, 0) is 16.1 Å². The van der Waals surface area contributed by atoms with E-state index < -0.39 is 5.60 Å². The zero-order valence-electron chi connectivity index (χ0n) is 26.5. The molecular weight excluding hydrogens is 562 g/mol. The van der Waals surface area contributed by atoms with E-state index in [4.69, 9.17) is 24.2 Å². The van der Waals surface area contributed by atoms with Crippen LogP contribution in [0.1, 0.15) is 77.3 Å². The Labute approximate surface area is 259 Å². The molecule has 2 saturated heterocycles. The molecule has 12 nitrogen and oxygen atoms in total. The van der Waals surface area contributed by atoms with Crippen LogP contribution in [0.3, 0.4) is 0 Å². The van der Waals surface area contributed by atoms with Crippen molar-refractivity contribution in [2.45, 2.75) is 84.5 Å². The first-order valence-corrected chi connectivity index (χ1v) is 15.7. The fraction of sp³-hybridized carbons (Fsp3) is 0.594. The number of nitrogens with one attached hydrogen (secondary N) is 1. The van der Waals surface area contributed by atoms with Crippen LogP contribution in [0.15, 0.2) is 36.5 Å². The number of hydrogen-bond acceptors (Lipinski definition) is 9. The summed E-state index contributed by atoms with van der Waals surface area (Å²) in [5, 5.41) is 8.06. The summed E-state index contributed by atoms with van der Waals surface area (Å²) >= 11 is 0. The van der Waals surface area contributed by atoms with E-state index >= 15 is 0 Å². The Morgan fingerprint density at radius 2 is 1.75 bits per heavy atom. The maximum absolute atomic E-state index is 12.8. The largest absolute Gasteiger partial charge is 0.458 e. The lowest BCUT2D eigenvalue weighted by Crippen LogP contribution is -2.44. The standard InChI is InChI=1S/C32H45N7O5/c1-22(2)26-19-34-39-27(26)35-29(36-28(39)33-18-23-13-16-37(17-14-23)31(41)44-32(3,4)5)43-25-12-9-15-38(20-25)30(40)42-21-24-10-7-6-8-11-24/h6-8,10-11,19,22-23,25H,9,12-18,20-21H2,1-5H3,(H,33,35,36)/t25-/m0/s1. The van der Waals surface area contributed by atoms with E-state index in [0.29, 0.717) is 50.2 Å². The molecule has 0 unspecified atom stereocenters. The summed E-state index contributed by atoms with van der Waals surface area (Å²) in [4.78, 5) is 38.2. The van der Waals surface area contributed by atoms with Gasteiger partial charge in [-0.1, -0.05) is 44.2 Å². The molecule has 0 radical (unpaired) electrons. The lowest BCUT2D eigenvalue weighted by Gasteiger charge is -2.33. The number of likely N-dealkylation sites (tertiary alicyclic amines) is 2. The van der Waals surface area contributed by atoms with Crippen molar-refractivity contribution < 1.29 is 23.8 Å². The first kappa shape index (κ1) is 31.3. The zero-order valence-corrected chi connectivity index (χ0v) is 26.5. The summed E-state index contributed by atoms with van der Waals surface area (Å²) in [6, 6.07) is 9.91. The Balaban J connectivity index is 1.22. The fourth-order valence-electron chi connectivity index (χ4n) is 5.49. The van der Waals surface area contributed by atoms with Crippen LogP contribution in [-0.4, -0.2) is 86.0 Å². The highest BCUT2D eigenvalue weighted by Gasteiger charge is 2.29. The number of aromatic nitrogens is 4. The highest BCUT2D eigenvalue weighted by Crippen LogP contribution is 2.26. The number of amides is 2. The molecule has 2 fully saturated rings. The molecule has 1 aromatic carbocycles. The molecule has 0 saturated carbocycles. The van der Waals surface area contributed by atoms with Crippen LogP contribution < -0.4 is 10.1 Å². The van der Waals surface area contributed by atoms with Gasteiger partial charge in [0.15, 0.2) is 5.65 Å². The van der Waals surface area contributed by atoms with Gasteiger partial charge < -0.3 is 29.3 Å². The predicted octanol–water partition coefficient (Wildman–Crippen LogP) is 5.49. The van der Waals surface area contributed by atoms with E-state index in [1.54, 1.807) is 14.3 Å². The summed E-state index contributed by atoms with van der Waals surface area (Å²) in [6.45, 7) is 13.1.